The standard InChI is InChI=1S/C13H17N3O3/c1-13(18,9-17)8-14-7-11-15-16-12(19-11)10-5-3-2-4-6-10/h2-6,14,17-18H,7-9H2,1H3. The molecule has 1 aromatic heterocycles. The summed E-state index contributed by atoms with van der Waals surface area (Å²) in [5.41, 5.74) is -0.286. The fraction of sp³-hybridized carbons (Fsp3) is 0.385. The van der Waals surface area contributed by atoms with Crippen molar-refractivity contribution in [3.05, 3.63) is 36.2 Å². The highest BCUT2D eigenvalue weighted by molar-refractivity contribution is 5.51. The first-order valence-corrected chi connectivity index (χ1v) is 6.02. The zero-order chi connectivity index (χ0) is 13.7. The van der Waals surface area contributed by atoms with E-state index in [0.717, 1.165) is 5.56 Å². The summed E-state index contributed by atoms with van der Waals surface area (Å²) in [5.74, 6) is 0.902. The van der Waals surface area contributed by atoms with Crippen LogP contribution in [-0.2, 0) is 6.54 Å². The van der Waals surface area contributed by atoms with Gasteiger partial charge in [-0.05, 0) is 19.1 Å². The van der Waals surface area contributed by atoms with Gasteiger partial charge in [0.1, 0.15) is 0 Å². The molecule has 1 heterocycles. The van der Waals surface area contributed by atoms with Gasteiger partial charge in [-0.2, -0.15) is 0 Å². The van der Waals surface area contributed by atoms with Gasteiger partial charge in [-0.3, -0.25) is 0 Å². The molecule has 0 radical (unpaired) electrons. The quantitative estimate of drug-likeness (QED) is 0.705. The Morgan fingerprint density at radius 3 is 2.68 bits per heavy atom. The van der Waals surface area contributed by atoms with Gasteiger partial charge in [0, 0.05) is 12.1 Å². The molecule has 0 aliphatic rings. The number of aliphatic hydroxyl groups is 2. The Kier molecular flexibility index (Phi) is 4.26. The zero-order valence-corrected chi connectivity index (χ0v) is 10.7. The van der Waals surface area contributed by atoms with Gasteiger partial charge < -0.3 is 19.9 Å². The van der Waals surface area contributed by atoms with Gasteiger partial charge in [-0.1, -0.05) is 18.2 Å². The molecule has 0 aliphatic heterocycles. The molecule has 0 saturated carbocycles. The minimum absolute atomic E-state index is 0.243. The molecule has 2 rings (SSSR count). The molecular formula is C13H17N3O3. The third-order valence-corrected chi connectivity index (χ3v) is 2.61. The summed E-state index contributed by atoms with van der Waals surface area (Å²) in [4.78, 5) is 0. The van der Waals surface area contributed by atoms with Crippen LogP contribution in [0.5, 0.6) is 0 Å². The number of hydrogen-bond acceptors (Lipinski definition) is 6. The number of rotatable bonds is 6. The first-order valence-electron chi connectivity index (χ1n) is 6.02. The van der Waals surface area contributed by atoms with E-state index in [9.17, 15) is 5.11 Å². The van der Waals surface area contributed by atoms with Crippen LogP contribution in [0.25, 0.3) is 11.5 Å². The summed E-state index contributed by atoms with van der Waals surface area (Å²) in [5, 5.41) is 29.3. The maximum atomic E-state index is 9.61. The number of nitrogens with one attached hydrogen (secondary N) is 1. The van der Waals surface area contributed by atoms with E-state index in [2.05, 4.69) is 15.5 Å². The Labute approximate surface area is 111 Å². The molecule has 0 bridgehead atoms. The van der Waals surface area contributed by atoms with Crippen LogP contribution in [0.4, 0.5) is 0 Å². The molecule has 6 nitrogen and oxygen atoms in total. The molecule has 0 spiro atoms. The molecule has 3 N–H and O–H groups in total. The lowest BCUT2D eigenvalue weighted by Gasteiger charge is -2.19. The van der Waals surface area contributed by atoms with E-state index in [1.54, 1.807) is 6.92 Å². The molecule has 102 valence electrons. The Bertz CT molecular complexity index is 511. The fourth-order valence-corrected chi connectivity index (χ4v) is 1.52. The molecule has 1 aromatic carbocycles. The summed E-state index contributed by atoms with van der Waals surface area (Å²) in [6.45, 7) is 1.82. The van der Waals surface area contributed by atoms with E-state index in [1.807, 2.05) is 30.3 Å². The van der Waals surface area contributed by atoms with Crippen LogP contribution < -0.4 is 5.32 Å². The van der Waals surface area contributed by atoms with E-state index >= 15 is 0 Å². The number of aromatic nitrogens is 2. The molecule has 1 atom stereocenters. The second kappa shape index (κ2) is 5.92. The van der Waals surface area contributed by atoms with Crippen molar-refractivity contribution in [3.8, 4) is 11.5 Å². The van der Waals surface area contributed by atoms with Crippen molar-refractivity contribution in [3.63, 3.8) is 0 Å². The van der Waals surface area contributed by atoms with E-state index in [0.29, 0.717) is 18.3 Å². The predicted octanol–water partition coefficient (Wildman–Crippen LogP) is 0.569. The Morgan fingerprint density at radius 1 is 1.26 bits per heavy atom. The molecule has 1 unspecified atom stereocenters. The first-order chi connectivity index (χ1) is 9.11. The second-order valence-electron chi connectivity index (χ2n) is 4.63. The molecule has 2 aromatic rings. The van der Waals surface area contributed by atoms with Gasteiger partial charge in [-0.15, -0.1) is 10.2 Å². The number of hydrogen-bond donors (Lipinski definition) is 3. The van der Waals surface area contributed by atoms with Gasteiger partial charge in [0.25, 0.3) is 0 Å². The second-order valence-corrected chi connectivity index (χ2v) is 4.63. The highest BCUT2D eigenvalue weighted by atomic mass is 16.4. The highest BCUT2D eigenvalue weighted by Gasteiger charge is 2.18. The van der Waals surface area contributed by atoms with Crippen LogP contribution >= 0.6 is 0 Å². The molecule has 0 saturated heterocycles. The van der Waals surface area contributed by atoms with Crippen LogP contribution in [0.2, 0.25) is 0 Å². The normalized spacial score (nSPS) is 14.3. The van der Waals surface area contributed by atoms with Crippen LogP contribution in [0.1, 0.15) is 12.8 Å². The van der Waals surface area contributed by atoms with Gasteiger partial charge in [0.2, 0.25) is 11.8 Å². The summed E-state index contributed by atoms with van der Waals surface area (Å²) in [6, 6.07) is 9.49. The minimum atomic E-state index is -1.15. The first kappa shape index (κ1) is 13.7. The van der Waals surface area contributed by atoms with E-state index in [1.165, 1.54) is 0 Å². The van der Waals surface area contributed by atoms with Crippen LogP contribution in [-0.4, -0.2) is 39.2 Å². The minimum Gasteiger partial charge on any atom is -0.419 e. The fourth-order valence-electron chi connectivity index (χ4n) is 1.52. The Hall–Kier alpha value is -1.76. The molecule has 6 heteroatoms. The van der Waals surface area contributed by atoms with E-state index < -0.39 is 5.60 Å². The van der Waals surface area contributed by atoms with Crippen molar-refractivity contribution >= 4 is 0 Å². The van der Waals surface area contributed by atoms with Crippen molar-refractivity contribution in [2.75, 3.05) is 13.2 Å². The summed E-state index contributed by atoms with van der Waals surface area (Å²) in [6.07, 6.45) is 0. The predicted molar refractivity (Wildman–Crippen MR) is 69.2 cm³/mol. The average molecular weight is 263 g/mol. The third-order valence-electron chi connectivity index (χ3n) is 2.61. The molecule has 19 heavy (non-hydrogen) atoms. The molecule has 0 amide bonds. The van der Waals surface area contributed by atoms with Crippen molar-refractivity contribution in [1.82, 2.24) is 15.5 Å². The maximum absolute atomic E-state index is 9.61. The van der Waals surface area contributed by atoms with Crippen LogP contribution in [0.15, 0.2) is 34.7 Å². The number of nitrogens with zero attached hydrogens (tertiary/aromatic N) is 2. The monoisotopic (exact) mass is 263 g/mol. The molecule has 0 aliphatic carbocycles. The highest BCUT2D eigenvalue weighted by Crippen LogP contribution is 2.16. The lowest BCUT2D eigenvalue weighted by atomic mass is 10.1. The van der Waals surface area contributed by atoms with Crippen molar-refractivity contribution < 1.29 is 14.6 Å². The van der Waals surface area contributed by atoms with Gasteiger partial charge in [0.05, 0.1) is 18.8 Å². The van der Waals surface area contributed by atoms with E-state index in [-0.39, 0.29) is 13.2 Å². The number of aliphatic hydroxyl groups excluding tert-OH is 1. The zero-order valence-electron chi connectivity index (χ0n) is 10.7. The van der Waals surface area contributed by atoms with Crippen molar-refractivity contribution in [2.24, 2.45) is 0 Å². The van der Waals surface area contributed by atoms with Crippen LogP contribution in [0, 0.1) is 0 Å². The van der Waals surface area contributed by atoms with Crippen molar-refractivity contribution in [2.45, 2.75) is 19.1 Å². The topological polar surface area (TPSA) is 91.4 Å². The van der Waals surface area contributed by atoms with Crippen molar-refractivity contribution in [1.29, 1.82) is 0 Å². The third kappa shape index (κ3) is 3.85. The smallest absolute Gasteiger partial charge is 0.247 e. The maximum Gasteiger partial charge on any atom is 0.247 e. The SMILES string of the molecule is CC(O)(CO)CNCc1nnc(-c2ccccc2)o1. The summed E-state index contributed by atoms with van der Waals surface area (Å²) >= 11 is 0. The summed E-state index contributed by atoms with van der Waals surface area (Å²) in [7, 11) is 0. The van der Waals surface area contributed by atoms with Crippen LogP contribution in [0.3, 0.4) is 0 Å². The average Bonchev–Trinajstić information content (AvgIpc) is 2.88. The van der Waals surface area contributed by atoms with E-state index in [4.69, 9.17) is 9.52 Å². The Morgan fingerprint density at radius 2 is 2.00 bits per heavy atom. The molecule has 0 fully saturated rings. The largest absolute Gasteiger partial charge is 0.419 e. The molecular weight excluding hydrogens is 246 g/mol. The Balaban J connectivity index is 1.92. The lowest BCUT2D eigenvalue weighted by Crippen LogP contribution is -2.40. The van der Waals surface area contributed by atoms with Gasteiger partial charge in [-0.25, -0.2) is 0 Å². The van der Waals surface area contributed by atoms with Gasteiger partial charge >= 0.3 is 0 Å². The number of benzene rings is 1. The lowest BCUT2D eigenvalue weighted by molar-refractivity contribution is 0.00221. The summed E-state index contributed by atoms with van der Waals surface area (Å²) < 4.78 is 5.49. The van der Waals surface area contributed by atoms with Gasteiger partial charge in [0.15, 0.2) is 0 Å².